The Hall–Kier alpha value is -7.56. The molecule has 4 heteroatoms. The minimum Gasteiger partial charge on any atom is -0.293 e. The molecule has 2 heterocycles. The van der Waals surface area contributed by atoms with E-state index in [1.165, 1.54) is 38.2 Å². The lowest BCUT2D eigenvalue weighted by Crippen LogP contribution is -2.17. The number of pyridine rings is 2. The second-order valence-electron chi connectivity index (χ2n) is 15.6. The van der Waals surface area contributed by atoms with Crippen molar-refractivity contribution in [1.29, 1.82) is 0 Å². The molecular weight excluding hydrogens is 765 g/mol. The second kappa shape index (κ2) is 17.4. The molecule has 0 aliphatic heterocycles. The molecule has 0 saturated heterocycles. The SMILES string of the molecule is CC.CC.Cc1ccc2c(N(c3ccccn3)c3c4ccccc4cc4ccccc34)c3cc(C)c(C)cc3c(N(c3ccccn3)c3c4ccccc4cc4ccccc34)c2c1. The summed E-state index contributed by atoms with van der Waals surface area (Å²) in [6, 6.07) is 63.8. The molecule has 0 aliphatic rings. The highest BCUT2D eigenvalue weighted by Crippen LogP contribution is 2.54. The Morgan fingerprint density at radius 3 is 1.02 bits per heavy atom. The highest BCUT2D eigenvalue weighted by atomic mass is 15.2. The first-order valence-electron chi connectivity index (χ1n) is 22.2. The zero-order valence-electron chi connectivity index (χ0n) is 37.2. The standard InChI is InChI=1S/C55H40N4.2C2H6/c1-35-26-27-46-47(30-35)55(59(51-25-13-15-29-57-51)53-44-22-10-6-18-40(44)34-41-19-7-11-23-45(41)53)49-32-37(3)36(2)31-48(49)54(46)58(50-24-12-14-28-56-50)52-42-20-8-4-16-38(42)33-39-17-5-9-21-43(39)52;2*1-2/h4-34H,1-3H3;2*1-2H3. The van der Waals surface area contributed by atoms with Crippen LogP contribution in [-0.4, -0.2) is 9.97 Å². The van der Waals surface area contributed by atoms with Gasteiger partial charge in [0.1, 0.15) is 11.6 Å². The van der Waals surface area contributed by atoms with Gasteiger partial charge in [0.15, 0.2) is 0 Å². The van der Waals surface area contributed by atoms with E-state index in [0.29, 0.717) is 0 Å². The summed E-state index contributed by atoms with van der Waals surface area (Å²) in [5, 5.41) is 13.9. The molecule has 63 heavy (non-hydrogen) atoms. The smallest absolute Gasteiger partial charge is 0.137 e. The minimum atomic E-state index is 0.852. The molecular formula is C59H52N4. The third-order valence-electron chi connectivity index (χ3n) is 12.0. The summed E-state index contributed by atoms with van der Waals surface area (Å²) in [5.74, 6) is 1.70. The number of hydrogen-bond donors (Lipinski definition) is 0. The molecule has 0 saturated carbocycles. The average Bonchev–Trinajstić information content (AvgIpc) is 3.34. The first kappa shape index (κ1) is 40.8. The van der Waals surface area contributed by atoms with E-state index >= 15 is 0 Å². The number of anilines is 6. The third-order valence-corrected chi connectivity index (χ3v) is 12.0. The van der Waals surface area contributed by atoms with Crippen LogP contribution in [0.2, 0.25) is 0 Å². The topological polar surface area (TPSA) is 32.3 Å². The molecule has 11 aromatic rings. The number of benzene rings is 9. The van der Waals surface area contributed by atoms with Crippen molar-refractivity contribution >= 4 is 99.0 Å². The highest BCUT2D eigenvalue weighted by molar-refractivity contribution is 6.27. The fraction of sp³-hybridized carbons (Fsp3) is 0.119. The van der Waals surface area contributed by atoms with Crippen LogP contribution in [0.25, 0.3) is 64.6 Å². The van der Waals surface area contributed by atoms with Gasteiger partial charge in [-0.3, -0.25) is 9.80 Å². The summed E-state index contributed by atoms with van der Waals surface area (Å²) in [6.45, 7) is 14.6. The highest BCUT2D eigenvalue weighted by Gasteiger charge is 2.30. The summed E-state index contributed by atoms with van der Waals surface area (Å²) >= 11 is 0. The van der Waals surface area contributed by atoms with Crippen molar-refractivity contribution in [1.82, 2.24) is 9.97 Å². The molecule has 0 bridgehead atoms. The molecule has 0 amide bonds. The number of rotatable bonds is 6. The maximum Gasteiger partial charge on any atom is 0.137 e. The molecule has 9 aromatic carbocycles. The summed E-state index contributed by atoms with van der Waals surface area (Å²) < 4.78 is 0. The van der Waals surface area contributed by atoms with Gasteiger partial charge in [-0.1, -0.05) is 155 Å². The molecule has 4 nitrogen and oxygen atoms in total. The largest absolute Gasteiger partial charge is 0.293 e. The Balaban J connectivity index is 0.00000123. The molecule has 0 atom stereocenters. The fourth-order valence-corrected chi connectivity index (χ4v) is 9.16. The van der Waals surface area contributed by atoms with E-state index in [2.05, 4.69) is 194 Å². The predicted octanol–water partition coefficient (Wildman–Crippen LogP) is 17.3. The zero-order chi connectivity index (χ0) is 43.6. The van der Waals surface area contributed by atoms with Crippen LogP contribution < -0.4 is 9.80 Å². The van der Waals surface area contributed by atoms with Gasteiger partial charge in [-0.2, -0.15) is 0 Å². The fourth-order valence-electron chi connectivity index (χ4n) is 9.16. The third kappa shape index (κ3) is 7.08. The second-order valence-corrected chi connectivity index (χ2v) is 15.6. The lowest BCUT2D eigenvalue weighted by atomic mass is 9.91. The van der Waals surface area contributed by atoms with Crippen molar-refractivity contribution in [3.63, 3.8) is 0 Å². The van der Waals surface area contributed by atoms with Crippen molar-refractivity contribution in [3.05, 3.63) is 205 Å². The van der Waals surface area contributed by atoms with Crippen molar-refractivity contribution < 1.29 is 0 Å². The first-order valence-corrected chi connectivity index (χ1v) is 22.2. The number of hydrogen-bond acceptors (Lipinski definition) is 4. The molecule has 0 radical (unpaired) electrons. The number of aromatic nitrogens is 2. The van der Waals surface area contributed by atoms with E-state index in [4.69, 9.17) is 9.97 Å². The van der Waals surface area contributed by atoms with E-state index in [0.717, 1.165) is 77.5 Å². The van der Waals surface area contributed by atoms with Crippen LogP contribution in [0.3, 0.4) is 0 Å². The van der Waals surface area contributed by atoms with Gasteiger partial charge in [-0.05, 0) is 108 Å². The van der Waals surface area contributed by atoms with Gasteiger partial charge in [0, 0.05) is 55.5 Å². The van der Waals surface area contributed by atoms with Crippen LogP contribution >= 0.6 is 0 Å². The zero-order valence-corrected chi connectivity index (χ0v) is 37.2. The maximum atomic E-state index is 5.15. The molecule has 0 fully saturated rings. The Kier molecular flexibility index (Phi) is 11.3. The Morgan fingerprint density at radius 2 is 0.635 bits per heavy atom. The maximum absolute atomic E-state index is 5.15. The van der Waals surface area contributed by atoms with E-state index in [-0.39, 0.29) is 0 Å². The molecule has 0 spiro atoms. The van der Waals surface area contributed by atoms with Gasteiger partial charge >= 0.3 is 0 Å². The first-order chi connectivity index (χ1) is 31.0. The molecule has 2 aromatic heterocycles. The number of fused-ring (bicyclic) bond motifs is 6. The lowest BCUT2D eigenvalue weighted by Gasteiger charge is -2.34. The average molecular weight is 817 g/mol. The molecule has 0 unspecified atom stereocenters. The van der Waals surface area contributed by atoms with Crippen LogP contribution in [0, 0.1) is 20.8 Å². The summed E-state index contributed by atoms with van der Waals surface area (Å²) in [4.78, 5) is 15.2. The van der Waals surface area contributed by atoms with E-state index in [1.807, 2.05) is 52.2 Å². The van der Waals surface area contributed by atoms with Crippen LogP contribution in [-0.2, 0) is 0 Å². The normalized spacial score (nSPS) is 11.1. The van der Waals surface area contributed by atoms with Gasteiger partial charge < -0.3 is 0 Å². The summed E-state index contributed by atoms with van der Waals surface area (Å²) in [5.41, 5.74) is 8.01. The van der Waals surface area contributed by atoms with Crippen molar-refractivity contribution in [2.75, 3.05) is 9.80 Å². The number of aryl methyl sites for hydroxylation is 3. The van der Waals surface area contributed by atoms with Gasteiger partial charge in [0.2, 0.25) is 0 Å². The summed E-state index contributed by atoms with van der Waals surface area (Å²) in [6.07, 6.45) is 3.81. The monoisotopic (exact) mass is 816 g/mol. The van der Waals surface area contributed by atoms with E-state index < -0.39 is 0 Å². The molecule has 11 rings (SSSR count). The van der Waals surface area contributed by atoms with E-state index in [1.54, 1.807) is 0 Å². The quantitative estimate of drug-likeness (QED) is 0.124. The Labute approximate surface area is 370 Å². The van der Waals surface area contributed by atoms with E-state index in [9.17, 15) is 0 Å². The minimum absolute atomic E-state index is 0.852. The van der Waals surface area contributed by atoms with Gasteiger partial charge in [-0.25, -0.2) is 9.97 Å². The molecule has 0 N–H and O–H groups in total. The van der Waals surface area contributed by atoms with Crippen LogP contribution in [0.15, 0.2) is 188 Å². The van der Waals surface area contributed by atoms with Crippen LogP contribution in [0.1, 0.15) is 44.4 Å². The lowest BCUT2D eigenvalue weighted by molar-refractivity contribution is 1.20. The Morgan fingerprint density at radius 1 is 0.302 bits per heavy atom. The molecule has 308 valence electrons. The predicted molar refractivity (Wildman–Crippen MR) is 273 cm³/mol. The van der Waals surface area contributed by atoms with Gasteiger partial charge in [0.05, 0.1) is 22.7 Å². The van der Waals surface area contributed by atoms with Gasteiger partial charge in [0.25, 0.3) is 0 Å². The number of nitrogens with zero attached hydrogens (tertiary/aromatic N) is 4. The van der Waals surface area contributed by atoms with Crippen LogP contribution in [0.4, 0.5) is 34.4 Å². The van der Waals surface area contributed by atoms with Crippen molar-refractivity contribution in [2.24, 2.45) is 0 Å². The van der Waals surface area contributed by atoms with Crippen LogP contribution in [0.5, 0.6) is 0 Å². The Bertz CT molecular complexity index is 3320. The van der Waals surface area contributed by atoms with Gasteiger partial charge in [-0.15, -0.1) is 0 Å². The van der Waals surface area contributed by atoms with Crippen molar-refractivity contribution in [2.45, 2.75) is 48.5 Å². The van der Waals surface area contributed by atoms with Crippen molar-refractivity contribution in [3.8, 4) is 0 Å². The summed E-state index contributed by atoms with van der Waals surface area (Å²) in [7, 11) is 0. The molecule has 0 aliphatic carbocycles.